The van der Waals surface area contributed by atoms with Crippen molar-refractivity contribution in [2.75, 3.05) is 13.2 Å². The van der Waals surface area contributed by atoms with Gasteiger partial charge in [0.05, 0.1) is 36.3 Å². The molecule has 16 heteroatoms. The molecule has 1 amide bonds. The summed E-state index contributed by atoms with van der Waals surface area (Å²) in [6.07, 6.45) is 0.198. The number of nitrogens with zero attached hydrogens (tertiary/aromatic N) is 5. The molecule has 0 bridgehead atoms. The van der Waals surface area contributed by atoms with Crippen molar-refractivity contribution in [3.63, 3.8) is 0 Å². The van der Waals surface area contributed by atoms with Crippen molar-refractivity contribution in [3.05, 3.63) is 81.9 Å². The third kappa shape index (κ3) is 9.69. The summed E-state index contributed by atoms with van der Waals surface area (Å²) < 4.78 is 64.8. The average molecular weight is 760 g/mol. The molecule has 2 aromatic carbocycles. The van der Waals surface area contributed by atoms with Gasteiger partial charge in [0.15, 0.2) is 11.5 Å². The number of aliphatic carboxylic acids is 1. The fraction of sp³-hybridized carbons (Fsp3) is 0.432. The number of ether oxygens (including phenoxy) is 3. The second-order valence-electron chi connectivity index (χ2n) is 13.7. The number of carboxylic acids is 1. The summed E-state index contributed by atoms with van der Waals surface area (Å²) in [6, 6.07) is 8.23. The number of amides is 1. The van der Waals surface area contributed by atoms with E-state index >= 15 is 0 Å². The Morgan fingerprint density at radius 3 is 2.49 bits per heavy atom. The van der Waals surface area contributed by atoms with Crippen LogP contribution in [0, 0.1) is 5.92 Å². The molecule has 0 radical (unpaired) electrons. The number of fused-ring (bicyclic) bond motifs is 1. The minimum atomic E-state index is -4.79. The third-order valence-electron chi connectivity index (χ3n) is 8.36. The molecule has 0 fully saturated rings. The molecule has 1 N–H and O–H groups in total. The van der Waals surface area contributed by atoms with Crippen LogP contribution in [0.3, 0.4) is 0 Å². The van der Waals surface area contributed by atoms with Gasteiger partial charge >= 0.3 is 18.2 Å². The average Bonchev–Trinajstić information content (AvgIpc) is 3.66. The minimum Gasteiger partial charge on any atom is -0.492 e. The van der Waals surface area contributed by atoms with Crippen LogP contribution in [0.4, 0.5) is 18.0 Å². The first-order valence-corrected chi connectivity index (χ1v) is 17.4. The van der Waals surface area contributed by atoms with Crippen LogP contribution in [0.5, 0.6) is 11.5 Å². The zero-order chi connectivity index (χ0) is 38.7. The number of carboxylic acid groups (broad SMARTS) is 1. The molecule has 1 aliphatic rings. The van der Waals surface area contributed by atoms with Crippen molar-refractivity contribution in [2.45, 2.75) is 78.2 Å². The van der Waals surface area contributed by atoms with Crippen LogP contribution in [0.15, 0.2) is 53.9 Å². The van der Waals surface area contributed by atoms with Gasteiger partial charge in [0.2, 0.25) is 5.62 Å². The smallest absolute Gasteiger partial charge is 0.437 e. The lowest BCUT2D eigenvalue weighted by molar-refractivity contribution is -0.141. The number of rotatable bonds is 12. The molecule has 1 aliphatic heterocycles. The number of ketones is 1. The van der Waals surface area contributed by atoms with Gasteiger partial charge < -0.3 is 28.5 Å². The molecule has 0 saturated heterocycles. The number of aromatic nitrogens is 4. The van der Waals surface area contributed by atoms with E-state index in [0.29, 0.717) is 34.7 Å². The number of halogens is 4. The summed E-state index contributed by atoms with van der Waals surface area (Å²) in [5.74, 6) is -1.51. The normalized spacial score (nSPS) is 14.9. The Morgan fingerprint density at radius 1 is 1.08 bits per heavy atom. The SMILES string of the molecule is CCn1cc(-c2cc(Cn3ccn(C)c3=NC(=O)OC(C)(C)C)cc3c2OCC(Cc2ccc(Cl)c(OCCCCC(=O)O)c2)C3=O)c(C(F)(F)F)n1. The Kier molecular flexibility index (Phi) is 11.8. The zero-order valence-corrected chi connectivity index (χ0v) is 30.8. The Labute approximate surface area is 308 Å². The van der Waals surface area contributed by atoms with E-state index in [1.807, 2.05) is 0 Å². The van der Waals surface area contributed by atoms with Crippen molar-refractivity contribution in [2.24, 2.45) is 18.0 Å². The van der Waals surface area contributed by atoms with Gasteiger partial charge in [-0.05, 0) is 82.3 Å². The molecule has 12 nitrogen and oxygen atoms in total. The van der Waals surface area contributed by atoms with Crippen LogP contribution < -0.4 is 15.1 Å². The lowest BCUT2D eigenvalue weighted by atomic mass is 9.86. The molecule has 1 atom stereocenters. The molecule has 3 heterocycles. The highest BCUT2D eigenvalue weighted by atomic mass is 35.5. The van der Waals surface area contributed by atoms with Crippen molar-refractivity contribution in [1.29, 1.82) is 0 Å². The molecule has 284 valence electrons. The first-order chi connectivity index (χ1) is 24.9. The number of imidazole rings is 1. The molecule has 5 rings (SSSR count). The summed E-state index contributed by atoms with van der Waals surface area (Å²) in [7, 11) is 1.68. The number of carbonyl (C=O) groups is 3. The quantitative estimate of drug-likeness (QED) is 0.148. The van der Waals surface area contributed by atoms with Gasteiger partial charge in [-0.2, -0.15) is 18.3 Å². The van der Waals surface area contributed by atoms with Gasteiger partial charge in [-0.25, -0.2) is 4.79 Å². The Morgan fingerprint density at radius 2 is 1.81 bits per heavy atom. The largest absolute Gasteiger partial charge is 0.492 e. The summed E-state index contributed by atoms with van der Waals surface area (Å²) in [5.41, 5.74) is -0.574. The molecule has 1 unspecified atom stereocenters. The summed E-state index contributed by atoms with van der Waals surface area (Å²) in [6.45, 7) is 7.17. The number of carbonyl (C=O) groups excluding carboxylic acids is 2. The number of Topliss-reactive ketones (excluding diaryl/α,β-unsaturated/α-hetero) is 1. The zero-order valence-electron chi connectivity index (χ0n) is 30.0. The van der Waals surface area contributed by atoms with Gasteiger partial charge in [-0.1, -0.05) is 17.7 Å². The minimum absolute atomic E-state index is 0.0226. The van der Waals surface area contributed by atoms with Crippen molar-refractivity contribution < 1.29 is 46.9 Å². The Hall–Kier alpha value is -5.05. The summed E-state index contributed by atoms with van der Waals surface area (Å²) >= 11 is 6.35. The maximum Gasteiger partial charge on any atom is 0.437 e. The van der Waals surface area contributed by atoms with Gasteiger partial charge in [0, 0.05) is 49.7 Å². The van der Waals surface area contributed by atoms with E-state index in [2.05, 4.69) is 10.1 Å². The second-order valence-corrected chi connectivity index (χ2v) is 14.1. The van der Waals surface area contributed by atoms with Crippen LogP contribution in [0.1, 0.15) is 74.1 Å². The topological polar surface area (TPSA) is 139 Å². The predicted molar refractivity (Wildman–Crippen MR) is 188 cm³/mol. The number of alkyl halides is 3. The predicted octanol–water partition coefficient (Wildman–Crippen LogP) is 7.33. The summed E-state index contributed by atoms with van der Waals surface area (Å²) in [4.78, 5) is 41.8. The maximum absolute atomic E-state index is 14.4. The van der Waals surface area contributed by atoms with E-state index < -0.39 is 35.5 Å². The Bertz CT molecular complexity index is 2080. The van der Waals surface area contributed by atoms with Crippen LogP contribution >= 0.6 is 11.6 Å². The summed E-state index contributed by atoms with van der Waals surface area (Å²) in [5, 5.41) is 13.0. The van der Waals surface area contributed by atoms with E-state index in [1.165, 1.54) is 16.9 Å². The van der Waals surface area contributed by atoms with Gasteiger partial charge in [0.1, 0.15) is 17.1 Å². The fourth-order valence-electron chi connectivity index (χ4n) is 5.92. The van der Waals surface area contributed by atoms with Crippen molar-refractivity contribution >= 4 is 29.4 Å². The lowest BCUT2D eigenvalue weighted by Crippen LogP contribution is -2.31. The van der Waals surface area contributed by atoms with Crippen LogP contribution in [-0.4, -0.2) is 60.7 Å². The first-order valence-electron chi connectivity index (χ1n) is 17.0. The number of benzene rings is 2. The van der Waals surface area contributed by atoms with Gasteiger partial charge in [-0.15, -0.1) is 4.99 Å². The van der Waals surface area contributed by atoms with Crippen LogP contribution in [0.25, 0.3) is 11.1 Å². The number of aryl methyl sites for hydroxylation is 2. The molecule has 4 aromatic rings. The van der Waals surface area contributed by atoms with Gasteiger partial charge in [0.25, 0.3) is 0 Å². The molecule has 0 spiro atoms. The van der Waals surface area contributed by atoms with E-state index in [-0.39, 0.29) is 73.0 Å². The van der Waals surface area contributed by atoms with Gasteiger partial charge in [-0.3, -0.25) is 14.3 Å². The standard InChI is InChI=1S/C37H41ClF3N5O7/c1-6-46-20-27(33(43-46)37(39,40)41)25-16-23(19-45-13-12-44(5)34(45)42-35(50)53-36(2,3)4)17-26-31(49)24(21-52-32(25)26)15-22-10-11-28(38)29(18-22)51-14-8-7-9-30(47)48/h10-13,16-18,20,24H,6-9,14-15,19,21H2,1-5H3,(H,47,48). The monoisotopic (exact) mass is 759 g/mol. The van der Waals surface area contributed by atoms with E-state index in [9.17, 15) is 27.6 Å². The highest BCUT2D eigenvalue weighted by Gasteiger charge is 2.40. The maximum atomic E-state index is 14.4. The van der Waals surface area contributed by atoms with Crippen LogP contribution in [0.2, 0.25) is 5.02 Å². The van der Waals surface area contributed by atoms with E-state index in [1.54, 1.807) is 80.5 Å². The number of unbranched alkanes of at least 4 members (excludes halogenated alkanes) is 1. The molecular weight excluding hydrogens is 719 g/mol. The lowest BCUT2D eigenvalue weighted by Gasteiger charge is -2.27. The van der Waals surface area contributed by atoms with E-state index in [4.69, 9.17) is 30.9 Å². The number of hydrogen-bond donors (Lipinski definition) is 1. The molecule has 0 aliphatic carbocycles. The molecule has 53 heavy (non-hydrogen) atoms. The third-order valence-corrected chi connectivity index (χ3v) is 8.67. The first kappa shape index (κ1) is 39.2. The number of hydrogen-bond acceptors (Lipinski definition) is 7. The fourth-order valence-corrected chi connectivity index (χ4v) is 6.09. The van der Waals surface area contributed by atoms with E-state index in [0.717, 1.165) is 0 Å². The highest BCUT2D eigenvalue weighted by Crippen LogP contribution is 2.44. The second kappa shape index (κ2) is 15.9. The molecular formula is C37H41ClF3N5O7. The molecule has 0 saturated carbocycles. The Balaban J connectivity index is 1.52. The highest BCUT2D eigenvalue weighted by molar-refractivity contribution is 6.32. The van der Waals surface area contributed by atoms with Crippen molar-refractivity contribution in [3.8, 4) is 22.6 Å². The molecule has 2 aromatic heterocycles. The van der Waals surface area contributed by atoms with Crippen LogP contribution in [-0.2, 0) is 42.3 Å². The van der Waals surface area contributed by atoms with Crippen molar-refractivity contribution in [1.82, 2.24) is 18.9 Å².